The number of amides is 1. The van der Waals surface area contributed by atoms with E-state index in [-0.39, 0.29) is 5.91 Å². The molecule has 1 aromatic rings. The molecular formula is C11H14ClN3O. The molecule has 0 fully saturated rings. The van der Waals surface area contributed by atoms with Crippen molar-refractivity contribution >= 4 is 29.0 Å². The molecule has 0 spiro atoms. The van der Waals surface area contributed by atoms with Crippen LogP contribution in [0.15, 0.2) is 12.1 Å². The Morgan fingerprint density at radius 1 is 1.50 bits per heavy atom. The van der Waals surface area contributed by atoms with Crippen molar-refractivity contribution in [2.75, 3.05) is 16.8 Å². The minimum atomic E-state index is -0.598. The molecule has 1 aliphatic heterocycles. The first kappa shape index (κ1) is 11.2. The van der Waals surface area contributed by atoms with Crippen LogP contribution in [0.4, 0.5) is 11.5 Å². The molecule has 0 unspecified atom stereocenters. The molecule has 0 aliphatic carbocycles. The summed E-state index contributed by atoms with van der Waals surface area (Å²) in [7, 11) is 0. The Hall–Kier alpha value is -1.29. The third-order valence-electron chi connectivity index (χ3n) is 2.89. The van der Waals surface area contributed by atoms with Gasteiger partial charge in [0.25, 0.3) is 0 Å². The van der Waals surface area contributed by atoms with Gasteiger partial charge in [-0.2, -0.15) is 0 Å². The molecule has 16 heavy (non-hydrogen) atoms. The van der Waals surface area contributed by atoms with Crippen LogP contribution in [0.2, 0.25) is 5.15 Å². The van der Waals surface area contributed by atoms with E-state index in [1.807, 2.05) is 25.7 Å². The predicted molar refractivity (Wildman–Crippen MR) is 65.0 cm³/mol. The first-order chi connectivity index (χ1) is 7.46. The highest BCUT2D eigenvalue weighted by atomic mass is 35.5. The molecule has 86 valence electrons. The van der Waals surface area contributed by atoms with Crippen LogP contribution in [0.1, 0.15) is 20.8 Å². The van der Waals surface area contributed by atoms with Gasteiger partial charge in [0, 0.05) is 6.54 Å². The van der Waals surface area contributed by atoms with E-state index < -0.39 is 5.54 Å². The fourth-order valence-corrected chi connectivity index (χ4v) is 2.08. The van der Waals surface area contributed by atoms with E-state index in [1.54, 1.807) is 12.1 Å². The Balaban J connectivity index is 2.58. The number of aromatic nitrogens is 1. The van der Waals surface area contributed by atoms with Crippen molar-refractivity contribution in [3.63, 3.8) is 0 Å². The predicted octanol–water partition coefficient (Wildman–Crippen LogP) is 2.29. The van der Waals surface area contributed by atoms with Crippen LogP contribution in [0.5, 0.6) is 0 Å². The van der Waals surface area contributed by atoms with Gasteiger partial charge in [0.05, 0.1) is 5.69 Å². The summed E-state index contributed by atoms with van der Waals surface area (Å²) in [6, 6.07) is 3.45. The zero-order chi connectivity index (χ0) is 11.9. The molecule has 0 radical (unpaired) electrons. The van der Waals surface area contributed by atoms with E-state index in [1.165, 1.54) is 0 Å². The van der Waals surface area contributed by atoms with Crippen molar-refractivity contribution in [1.82, 2.24) is 4.98 Å². The molecule has 2 heterocycles. The summed E-state index contributed by atoms with van der Waals surface area (Å²) in [6.45, 7) is 6.45. The van der Waals surface area contributed by atoms with Gasteiger partial charge >= 0.3 is 0 Å². The van der Waals surface area contributed by atoms with Crippen LogP contribution in [0.25, 0.3) is 0 Å². The number of nitrogens with zero attached hydrogens (tertiary/aromatic N) is 2. The van der Waals surface area contributed by atoms with Gasteiger partial charge in [-0.15, -0.1) is 0 Å². The van der Waals surface area contributed by atoms with E-state index in [0.29, 0.717) is 11.7 Å². The smallest absolute Gasteiger partial charge is 0.249 e. The van der Waals surface area contributed by atoms with Gasteiger partial charge in [0.15, 0.2) is 5.82 Å². The highest BCUT2D eigenvalue weighted by Gasteiger charge is 2.40. The third kappa shape index (κ3) is 1.53. The van der Waals surface area contributed by atoms with Crippen LogP contribution < -0.4 is 10.2 Å². The lowest BCUT2D eigenvalue weighted by Gasteiger charge is -2.42. The van der Waals surface area contributed by atoms with Crippen LogP contribution >= 0.6 is 11.6 Å². The highest BCUT2D eigenvalue weighted by molar-refractivity contribution is 6.29. The number of hydrogen-bond acceptors (Lipinski definition) is 3. The Morgan fingerprint density at radius 2 is 2.19 bits per heavy atom. The van der Waals surface area contributed by atoms with E-state index in [0.717, 1.165) is 11.5 Å². The molecule has 0 atom stereocenters. The van der Waals surface area contributed by atoms with E-state index >= 15 is 0 Å². The quantitative estimate of drug-likeness (QED) is 0.765. The normalized spacial score (nSPS) is 18.0. The number of halogens is 1. The van der Waals surface area contributed by atoms with Gasteiger partial charge < -0.3 is 10.2 Å². The SMILES string of the molecule is CCN1c2nc(Cl)ccc2NC(=O)C1(C)C. The Bertz CT molecular complexity index is 445. The van der Waals surface area contributed by atoms with E-state index in [9.17, 15) is 4.79 Å². The lowest BCUT2D eigenvalue weighted by Crippen LogP contribution is -2.56. The number of hydrogen-bond donors (Lipinski definition) is 1. The zero-order valence-electron chi connectivity index (χ0n) is 9.54. The minimum absolute atomic E-state index is 0.0222. The largest absolute Gasteiger partial charge is 0.341 e. The number of carbonyl (C=O) groups is 1. The van der Waals surface area contributed by atoms with Gasteiger partial charge in [0.2, 0.25) is 5.91 Å². The lowest BCUT2D eigenvalue weighted by molar-refractivity contribution is -0.120. The lowest BCUT2D eigenvalue weighted by atomic mass is 9.98. The minimum Gasteiger partial charge on any atom is -0.341 e. The first-order valence-corrected chi connectivity index (χ1v) is 5.60. The van der Waals surface area contributed by atoms with Crippen molar-refractivity contribution in [3.8, 4) is 0 Å². The van der Waals surface area contributed by atoms with Gasteiger partial charge in [-0.3, -0.25) is 4.79 Å². The number of rotatable bonds is 1. The van der Waals surface area contributed by atoms with Crippen LogP contribution in [-0.2, 0) is 4.79 Å². The summed E-state index contributed by atoms with van der Waals surface area (Å²) >= 11 is 5.88. The van der Waals surface area contributed by atoms with E-state index in [2.05, 4.69) is 10.3 Å². The molecule has 1 amide bonds. The number of fused-ring (bicyclic) bond motifs is 1. The Labute approximate surface area is 99.6 Å². The summed E-state index contributed by atoms with van der Waals surface area (Å²) < 4.78 is 0. The highest BCUT2D eigenvalue weighted by Crippen LogP contribution is 2.35. The van der Waals surface area contributed by atoms with Crippen molar-refractivity contribution in [2.24, 2.45) is 0 Å². The Kier molecular flexibility index (Phi) is 2.54. The molecule has 1 N–H and O–H groups in total. The molecule has 0 saturated heterocycles. The summed E-state index contributed by atoms with van der Waals surface area (Å²) in [6.07, 6.45) is 0. The zero-order valence-corrected chi connectivity index (χ0v) is 10.3. The van der Waals surface area contributed by atoms with Crippen molar-refractivity contribution in [1.29, 1.82) is 0 Å². The number of pyridine rings is 1. The number of likely N-dealkylation sites (N-methyl/N-ethyl adjacent to an activating group) is 1. The average molecular weight is 240 g/mol. The maximum atomic E-state index is 11.9. The summed E-state index contributed by atoms with van der Waals surface area (Å²) in [5.74, 6) is 0.713. The van der Waals surface area contributed by atoms with Crippen LogP contribution in [0.3, 0.4) is 0 Å². The molecule has 5 heteroatoms. The van der Waals surface area contributed by atoms with Crippen LogP contribution in [0, 0.1) is 0 Å². The maximum absolute atomic E-state index is 11.9. The molecule has 1 aliphatic rings. The molecule has 4 nitrogen and oxygen atoms in total. The van der Waals surface area contributed by atoms with Gasteiger partial charge in [-0.05, 0) is 32.9 Å². The average Bonchev–Trinajstić information content (AvgIpc) is 2.21. The molecule has 0 aromatic carbocycles. The fourth-order valence-electron chi connectivity index (χ4n) is 1.94. The van der Waals surface area contributed by atoms with Gasteiger partial charge in [-0.1, -0.05) is 11.6 Å². The second-order valence-electron chi connectivity index (χ2n) is 4.26. The van der Waals surface area contributed by atoms with E-state index in [4.69, 9.17) is 11.6 Å². The summed E-state index contributed by atoms with van der Waals surface area (Å²) in [5.41, 5.74) is 0.120. The monoisotopic (exact) mass is 239 g/mol. The summed E-state index contributed by atoms with van der Waals surface area (Å²) in [4.78, 5) is 18.1. The van der Waals surface area contributed by atoms with Crippen LogP contribution in [-0.4, -0.2) is 23.0 Å². The maximum Gasteiger partial charge on any atom is 0.249 e. The fraction of sp³-hybridized carbons (Fsp3) is 0.455. The first-order valence-electron chi connectivity index (χ1n) is 5.22. The second-order valence-corrected chi connectivity index (χ2v) is 4.65. The number of nitrogens with one attached hydrogen (secondary N) is 1. The Morgan fingerprint density at radius 3 is 2.81 bits per heavy atom. The molecule has 1 aromatic heterocycles. The topological polar surface area (TPSA) is 45.2 Å². The number of carbonyl (C=O) groups excluding carboxylic acids is 1. The van der Waals surface area contributed by atoms with Gasteiger partial charge in [0.1, 0.15) is 10.7 Å². The molecular weight excluding hydrogens is 226 g/mol. The molecule has 2 rings (SSSR count). The second kappa shape index (κ2) is 3.63. The van der Waals surface area contributed by atoms with Crippen molar-refractivity contribution < 1.29 is 4.79 Å². The third-order valence-corrected chi connectivity index (χ3v) is 3.10. The van der Waals surface area contributed by atoms with Crippen molar-refractivity contribution in [2.45, 2.75) is 26.3 Å². The molecule has 0 saturated carbocycles. The summed E-state index contributed by atoms with van der Waals surface area (Å²) in [5, 5.41) is 3.27. The molecule has 0 bridgehead atoms. The van der Waals surface area contributed by atoms with Gasteiger partial charge in [-0.25, -0.2) is 4.98 Å². The van der Waals surface area contributed by atoms with Crippen molar-refractivity contribution in [3.05, 3.63) is 17.3 Å². The standard InChI is InChI=1S/C11H14ClN3O/c1-4-15-9-7(5-6-8(12)14-9)13-10(16)11(15,2)3/h5-6H,4H2,1-3H3,(H,13,16). The number of anilines is 2.